The highest BCUT2D eigenvalue weighted by Gasteiger charge is 2.30. The third kappa shape index (κ3) is 3.81. The Morgan fingerprint density at radius 2 is 1.84 bits per heavy atom. The van der Waals surface area contributed by atoms with Crippen LogP contribution in [0.1, 0.15) is 21.6 Å². The van der Waals surface area contributed by atoms with Gasteiger partial charge in [-0.15, -0.1) is 0 Å². The lowest BCUT2D eigenvalue weighted by Gasteiger charge is -2.26. The normalized spacial score (nSPS) is 12.7. The minimum absolute atomic E-state index is 0.0438. The molecule has 0 spiro atoms. The molecule has 2 aromatic carbocycles. The van der Waals surface area contributed by atoms with Gasteiger partial charge in [0.05, 0.1) is 36.0 Å². The van der Waals surface area contributed by atoms with Crippen molar-refractivity contribution in [1.82, 2.24) is 14.7 Å². The second-order valence-corrected chi connectivity index (χ2v) is 6.93. The summed E-state index contributed by atoms with van der Waals surface area (Å²) >= 11 is 0. The predicted molar refractivity (Wildman–Crippen MR) is 107 cm³/mol. The molecule has 156 valence electrons. The average Bonchev–Trinajstić information content (AvgIpc) is 3.15. The van der Waals surface area contributed by atoms with E-state index in [9.17, 15) is 18.4 Å². The summed E-state index contributed by atoms with van der Waals surface area (Å²) in [5.74, 6) is -2.63. The highest BCUT2D eigenvalue weighted by molar-refractivity contribution is 6.09. The van der Waals surface area contributed by atoms with Crippen molar-refractivity contribution in [2.75, 3.05) is 11.9 Å². The van der Waals surface area contributed by atoms with E-state index in [2.05, 4.69) is 10.4 Å². The predicted octanol–water partition coefficient (Wildman–Crippen LogP) is 2.85. The fourth-order valence-corrected chi connectivity index (χ4v) is 3.41. The maximum absolute atomic E-state index is 13.9. The summed E-state index contributed by atoms with van der Waals surface area (Å²) in [4.78, 5) is 26.2. The van der Waals surface area contributed by atoms with Gasteiger partial charge in [0.15, 0.2) is 11.6 Å². The number of hydrogen-bond donors (Lipinski definition) is 2. The number of nitrogens with one attached hydrogen (secondary N) is 1. The number of carbonyl (C=O) groups excluding carboxylic acids is 2. The number of amides is 3. The molecule has 0 bridgehead atoms. The van der Waals surface area contributed by atoms with Crippen molar-refractivity contribution in [3.8, 4) is 17.3 Å². The van der Waals surface area contributed by atoms with Gasteiger partial charge in [0, 0.05) is 17.8 Å². The van der Waals surface area contributed by atoms with E-state index >= 15 is 0 Å². The lowest BCUT2D eigenvalue weighted by atomic mass is 10.0. The molecule has 1 aliphatic heterocycles. The first kappa shape index (κ1) is 20.0. The van der Waals surface area contributed by atoms with Crippen molar-refractivity contribution >= 4 is 17.6 Å². The lowest BCUT2D eigenvalue weighted by Crippen LogP contribution is -2.42. The molecule has 1 aliphatic rings. The van der Waals surface area contributed by atoms with Gasteiger partial charge in [-0.1, -0.05) is 0 Å². The number of nitrogens with zero attached hydrogens (tertiary/aromatic N) is 4. The van der Waals surface area contributed by atoms with Crippen molar-refractivity contribution in [1.29, 1.82) is 5.26 Å². The van der Waals surface area contributed by atoms with Crippen LogP contribution in [0.3, 0.4) is 0 Å². The highest BCUT2D eigenvalue weighted by atomic mass is 19.2. The van der Waals surface area contributed by atoms with Crippen LogP contribution in [0.2, 0.25) is 0 Å². The standard InChI is InChI=1S/C21H16F2N6O2/c22-15-6-3-13(9-16(15)23)19-18(17-11-28(21(25)31)7-8-29(17)27-19)20(30)26-14-4-1-12(10-24)2-5-14/h1-6,9H,7-8,11H2,(H2,25,31)(H,26,30). The largest absolute Gasteiger partial charge is 0.351 e. The first-order valence-corrected chi connectivity index (χ1v) is 9.28. The quantitative estimate of drug-likeness (QED) is 0.675. The molecule has 1 aromatic heterocycles. The maximum atomic E-state index is 13.9. The van der Waals surface area contributed by atoms with Gasteiger partial charge in [0.2, 0.25) is 0 Å². The number of urea groups is 1. The molecule has 0 saturated carbocycles. The molecule has 10 heteroatoms. The molecule has 3 amide bonds. The van der Waals surface area contributed by atoms with Crippen molar-refractivity contribution in [3.05, 3.63) is 70.9 Å². The number of fused-ring (bicyclic) bond motifs is 1. The number of aromatic nitrogens is 2. The number of hydrogen-bond acceptors (Lipinski definition) is 4. The Morgan fingerprint density at radius 1 is 1.10 bits per heavy atom. The molecule has 3 N–H and O–H groups in total. The number of halogens is 2. The molecule has 0 saturated heterocycles. The van der Waals surface area contributed by atoms with Crippen LogP contribution in [0.4, 0.5) is 19.3 Å². The van der Waals surface area contributed by atoms with Crippen LogP contribution in [0.5, 0.6) is 0 Å². The fraction of sp³-hybridized carbons (Fsp3) is 0.143. The second kappa shape index (κ2) is 7.87. The Kier molecular flexibility index (Phi) is 5.09. The number of nitrogens with two attached hydrogens (primary N) is 1. The molecule has 31 heavy (non-hydrogen) atoms. The Labute approximate surface area is 175 Å². The number of carbonyl (C=O) groups is 2. The van der Waals surface area contributed by atoms with Gasteiger partial charge in [-0.3, -0.25) is 9.48 Å². The smallest absolute Gasteiger partial charge is 0.315 e. The number of primary amides is 1. The topological polar surface area (TPSA) is 117 Å². The van der Waals surface area contributed by atoms with Crippen LogP contribution in [-0.2, 0) is 13.1 Å². The number of rotatable bonds is 3. The molecular weight excluding hydrogens is 406 g/mol. The first-order valence-electron chi connectivity index (χ1n) is 9.28. The van der Waals surface area contributed by atoms with Crippen molar-refractivity contribution < 1.29 is 18.4 Å². The zero-order chi connectivity index (χ0) is 22.1. The van der Waals surface area contributed by atoms with Gasteiger partial charge in [-0.05, 0) is 42.5 Å². The van der Waals surface area contributed by atoms with E-state index in [-0.39, 0.29) is 23.4 Å². The minimum atomic E-state index is -1.07. The van der Waals surface area contributed by atoms with E-state index in [0.29, 0.717) is 30.0 Å². The van der Waals surface area contributed by atoms with Crippen LogP contribution in [0.25, 0.3) is 11.3 Å². The summed E-state index contributed by atoms with van der Waals surface area (Å²) in [6.45, 7) is 0.638. The van der Waals surface area contributed by atoms with Crippen LogP contribution < -0.4 is 11.1 Å². The Bertz CT molecular complexity index is 1230. The summed E-state index contributed by atoms with van der Waals surface area (Å²) in [6, 6.07) is 10.8. The Balaban J connectivity index is 1.78. The molecule has 0 unspecified atom stereocenters. The molecule has 0 radical (unpaired) electrons. The van der Waals surface area contributed by atoms with E-state index < -0.39 is 23.6 Å². The minimum Gasteiger partial charge on any atom is -0.351 e. The molecule has 0 fully saturated rings. The van der Waals surface area contributed by atoms with Gasteiger partial charge in [0.25, 0.3) is 5.91 Å². The molecular formula is C21H16F2N6O2. The van der Waals surface area contributed by atoms with Crippen LogP contribution in [0, 0.1) is 23.0 Å². The van der Waals surface area contributed by atoms with Crippen LogP contribution in [-0.4, -0.2) is 33.2 Å². The average molecular weight is 422 g/mol. The number of benzene rings is 2. The Hall–Kier alpha value is -4.26. The number of nitriles is 1. The van der Waals surface area contributed by atoms with Gasteiger partial charge in [-0.2, -0.15) is 10.4 Å². The lowest BCUT2D eigenvalue weighted by molar-refractivity contribution is 0.102. The molecule has 0 aliphatic carbocycles. The van der Waals surface area contributed by atoms with Crippen LogP contribution in [0.15, 0.2) is 42.5 Å². The summed E-state index contributed by atoms with van der Waals surface area (Å²) in [6.07, 6.45) is 0. The van der Waals surface area contributed by atoms with Crippen molar-refractivity contribution in [2.45, 2.75) is 13.1 Å². The van der Waals surface area contributed by atoms with Gasteiger partial charge in [-0.25, -0.2) is 13.6 Å². The SMILES string of the molecule is N#Cc1ccc(NC(=O)c2c(-c3ccc(F)c(F)c3)nn3c2CN(C(N)=O)CC3)cc1. The van der Waals surface area contributed by atoms with Gasteiger partial charge in [0.1, 0.15) is 5.69 Å². The van der Waals surface area contributed by atoms with Gasteiger partial charge >= 0.3 is 6.03 Å². The third-order valence-corrected chi connectivity index (χ3v) is 4.98. The van der Waals surface area contributed by atoms with E-state index in [0.717, 1.165) is 12.1 Å². The summed E-state index contributed by atoms with van der Waals surface area (Å²) in [5, 5.41) is 16.1. The first-order chi connectivity index (χ1) is 14.9. The highest BCUT2D eigenvalue weighted by Crippen LogP contribution is 2.30. The zero-order valence-corrected chi connectivity index (χ0v) is 16.1. The molecule has 0 atom stereocenters. The third-order valence-electron chi connectivity index (χ3n) is 4.98. The molecule has 8 nitrogen and oxygen atoms in total. The molecule has 2 heterocycles. The summed E-state index contributed by atoms with van der Waals surface area (Å²) in [7, 11) is 0. The van der Waals surface area contributed by atoms with Crippen molar-refractivity contribution in [2.24, 2.45) is 5.73 Å². The molecule has 3 aromatic rings. The van der Waals surface area contributed by atoms with E-state index in [1.165, 1.54) is 11.0 Å². The van der Waals surface area contributed by atoms with Crippen LogP contribution >= 0.6 is 0 Å². The summed E-state index contributed by atoms with van der Waals surface area (Å²) < 4.78 is 28.8. The van der Waals surface area contributed by atoms with E-state index in [1.807, 2.05) is 6.07 Å². The molecule has 4 rings (SSSR count). The zero-order valence-electron chi connectivity index (χ0n) is 16.1. The maximum Gasteiger partial charge on any atom is 0.315 e. The van der Waals surface area contributed by atoms with Gasteiger partial charge < -0.3 is 16.0 Å². The van der Waals surface area contributed by atoms with Crippen molar-refractivity contribution in [3.63, 3.8) is 0 Å². The van der Waals surface area contributed by atoms with E-state index in [4.69, 9.17) is 11.0 Å². The Morgan fingerprint density at radius 3 is 2.48 bits per heavy atom. The number of anilines is 1. The summed E-state index contributed by atoms with van der Waals surface area (Å²) in [5.41, 5.74) is 7.19. The fourth-order valence-electron chi connectivity index (χ4n) is 3.41. The monoisotopic (exact) mass is 422 g/mol. The van der Waals surface area contributed by atoms with E-state index in [1.54, 1.807) is 28.9 Å². The second-order valence-electron chi connectivity index (χ2n) is 6.93.